The van der Waals surface area contributed by atoms with Gasteiger partial charge in [-0.15, -0.1) is 0 Å². The quantitative estimate of drug-likeness (QED) is 0.810. The van der Waals surface area contributed by atoms with Crippen molar-refractivity contribution in [2.45, 2.75) is 33.4 Å². The van der Waals surface area contributed by atoms with Crippen LogP contribution in [0.2, 0.25) is 0 Å². The highest BCUT2D eigenvalue weighted by molar-refractivity contribution is 9.10. The molecule has 1 aromatic heterocycles. The van der Waals surface area contributed by atoms with E-state index in [0.29, 0.717) is 12.0 Å². The lowest BCUT2D eigenvalue weighted by Gasteiger charge is -2.15. The number of halogens is 1. The summed E-state index contributed by atoms with van der Waals surface area (Å²) in [4.78, 5) is 0. The predicted molar refractivity (Wildman–Crippen MR) is 70.4 cm³/mol. The van der Waals surface area contributed by atoms with E-state index in [1.165, 1.54) is 0 Å². The van der Waals surface area contributed by atoms with Crippen LogP contribution in [0.15, 0.2) is 21.4 Å². The first-order valence-corrected chi connectivity index (χ1v) is 6.55. The average molecular weight is 289 g/mol. The SMILES string of the molecule is CC(C)CNCC(C)NCc1ccoc1Br. The maximum Gasteiger partial charge on any atom is 0.173 e. The minimum Gasteiger partial charge on any atom is -0.457 e. The summed E-state index contributed by atoms with van der Waals surface area (Å²) in [7, 11) is 0. The Bertz CT molecular complexity index is 299. The van der Waals surface area contributed by atoms with Crippen molar-refractivity contribution < 1.29 is 4.42 Å². The summed E-state index contributed by atoms with van der Waals surface area (Å²) >= 11 is 3.37. The zero-order valence-electron chi connectivity index (χ0n) is 10.2. The molecule has 1 aromatic rings. The highest BCUT2D eigenvalue weighted by Gasteiger charge is 2.05. The van der Waals surface area contributed by atoms with E-state index in [4.69, 9.17) is 4.42 Å². The lowest BCUT2D eigenvalue weighted by atomic mass is 10.2. The van der Waals surface area contributed by atoms with Crippen molar-refractivity contribution in [3.63, 3.8) is 0 Å². The summed E-state index contributed by atoms with van der Waals surface area (Å²) in [6, 6.07) is 2.44. The normalized spacial score (nSPS) is 13.3. The molecule has 16 heavy (non-hydrogen) atoms. The predicted octanol–water partition coefficient (Wildman–Crippen LogP) is 2.77. The van der Waals surface area contributed by atoms with Gasteiger partial charge >= 0.3 is 0 Å². The van der Waals surface area contributed by atoms with E-state index in [1.807, 2.05) is 6.07 Å². The fourth-order valence-electron chi connectivity index (χ4n) is 1.39. The second-order valence-electron chi connectivity index (χ2n) is 4.55. The largest absolute Gasteiger partial charge is 0.457 e. The first kappa shape index (κ1) is 13.7. The third-order valence-electron chi connectivity index (χ3n) is 2.34. The van der Waals surface area contributed by atoms with Crippen LogP contribution < -0.4 is 10.6 Å². The Balaban J connectivity index is 2.15. The number of hydrogen-bond acceptors (Lipinski definition) is 3. The van der Waals surface area contributed by atoms with E-state index in [1.54, 1.807) is 6.26 Å². The molecule has 3 nitrogen and oxygen atoms in total. The third-order valence-corrected chi connectivity index (χ3v) is 3.03. The van der Waals surface area contributed by atoms with E-state index in [-0.39, 0.29) is 0 Å². The Morgan fingerprint density at radius 2 is 2.06 bits per heavy atom. The summed E-state index contributed by atoms with van der Waals surface area (Å²) in [6.45, 7) is 9.51. The van der Waals surface area contributed by atoms with Gasteiger partial charge in [0.1, 0.15) is 0 Å². The Labute approximate surface area is 106 Å². The van der Waals surface area contributed by atoms with E-state index >= 15 is 0 Å². The number of rotatable bonds is 7. The van der Waals surface area contributed by atoms with Crippen molar-refractivity contribution in [3.05, 3.63) is 22.6 Å². The number of nitrogens with one attached hydrogen (secondary N) is 2. The van der Waals surface area contributed by atoms with Gasteiger partial charge in [-0.1, -0.05) is 13.8 Å². The molecule has 0 saturated carbocycles. The Hall–Kier alpha value is -0.320. The lowest BCUT2D eigenvalue weighted by molar-refractivity contribution is 0.468. The summed E-state index contributed by atoms with van der Waals surface area (Å²) < 4.78 is 5.99. The molecule has 0 aliphatic carbocycles. The Morgan fingerprint density at radius 1 is 1.31 bits per heavy atom. The summed E-state index contributed by atoms with van der Waals surface area (Å²) in [5.41, 5.74) is 1.16. The molecule has 0 saturated heterocycles. The topological polar surface area (TPSA) is 37.2 Å². The van der Waals surface area contributed by atoms with Gasteiger partial charge in [0.05, 0.1) is 6.26 Å². The maximum absolute atomic E-state index is 5.17. The molecule has 0 bridgehead atoms. The van der Waals surface area contributed by atoms with Gasteiger partial charge in [0, 0.05) is 24.7 Å². The number of hydrogen-bond donors (Lipinski definition) is 2. The molecule has 0 amide bonds. The smallest absolute Gasteiger partial charge is 0.173 e. The average Bonchev–Trinajstić information content (AvgIpc) is 2.60. The van der Waals surface area contributed by atoms with Gasteiger partial charge in [-0.05, 0) is 41.4 Å². The Kier molecular flexibility index (Phi) is 6.09. The van der Waals surface area contributed by atoms with Crippen LogP contribution in [0.1, 0.15) is 26.3 Å². The first-order valence-electron chi connectivity index (χ1n) is 5.75. The molecule has 0 spiro atoms. The molecule has 2 N–H and O–H groups in total. The van der Waals surface area contributed by atoms with Gasteiger partial charge in [-0.3, -0.25) is 0 Å². The molecule has 92 valence electrons. The van der Waals surface area contributed by atoms with Gasteiger partial charge in [0.2, 0.25) is 0 Å². The van der Waals surface area contributed by atoms with Crippen molar-refractivity contribution in [3.8, 4) is 0 Å². The zero-order valence-corrected chi connectivity index (χ0v) is 11.8. The van der Waals surface area contributed by atoms with Gasteiger partial charge in [0.15, 0.2) is 4.67 Å². The minimum absolute atomic E-state index is 0.459. The van der Waals surface area contributed by atoms with Crippen molar-refractivity contribution in [2.24, 2.45) is 5.92 Å². The molecule has 4 heteroatoms. The molecule has 1 heterocycles. The van der Waals surface area contributed by atoms with Crippen LogP contribution in [0.25, 0.3) is 0 Å². The van der Waals surface area contributed by atoms with Crippen LogP contribution >= 0.6 is 15.9 Å². The summed E-state index contributed by atoms with van der Waals surface area (Å²) in [5.74, 6) is 0.704. The van der Waals surface area contributed by atoms with Gasteiger partial charge in [-0.25, -0.2) is 0 Å². The molecule has 1 atom stereocenters. The van der Waals surface area contributed by atoms with Gasteiger partial charge in [0.25, 0.3) is 0 Å². The van der Waals surface area contributed by atoms with Gasteiger partial charge in [-0.2, -0.15) is 0 Å². The zero-order chi connectivity index (χ0) is 12.0. The molecular formula is C12H21BrN2O. The van der Waals surface area contributed by atoms with E-state index in [2.05, 4.69) is 47.3 Å². The van der Waals surface area contributed by atoms with Crippen molar-refractivity contribution in [2.75, 3.05) is 13.1 Å². The monoisotopic (exact) mass is 288 g/mol. The fraction of sp³-hybridized carbons (Fsp3) is 0.667. The van der Waals surface area contributed by atoms with Crippen LogP contribution in [0, 0.1) is 5.92 Å². The summed E-state index contributed by atoms with van der Waals surface area (Å²) in [6.07, 6.45) is 1.70. The highest BCUT2D eigenvalue weighted by Crippen LogP contribution is 2.16. The van der Waals surface area contributed by atoms with Crippen LogP contribution in [-0.2, 0) is 6.54 Å². The van der Waals surface area contributed by atoms with Crippen molar-refractivity contribution >= 4 is 15.9 Å². The molecule has 0 radical (unpaired) electrons. The summed E-state index contributed by atoms with van der Waals surface area (Å²) in [5, 5.41) is 6.88. The molecule has 0 aromatic carbocycles. The minimum atomic E-state index is 0.459. The van der Waals surface area contributed by atoms with E-state index in [0.717, 1.165) is 29.9 Å². The molecule has 0 fully saturated rings. The second-order valence-corrected chi connectivity index (χ2v) is 5.27. The molecule has 1 unspecified atom stereocenters. The molecular weight excluding hydrogens is 268 g/mol. The Morgan fingerprint density at radius 3 is 2.62 bits per heavy atom. The second kappa shape index (κ2) is 7.09. The standard InChI is InChI=1S/C12H21BrN2O/c1-9(2)6-14-7-10(3)15-8-11-4-5-16-12(11)13/h4-5,9-10,14-15H,6-8H2,1-3H3. The fourth-order valence-corrected chi connectivity index (χ4v) is 1.77. The first-order chi connectivity index (χ1) is 7.59. The van der Waals surface area contributed by atoms with Gasteiger partial charge < -0.3 is 15.1 Å². The maximum atomic E-state index is 5.17. The van der Waals surface area contributed by atoms with Crippen LogP contribution in [0.4, 0.5) is 0 Å². The molecule has 0 aliphatic heterocycles. The van der Waals surface area contributed by atoms with E-state index < -0.39 is 0 Å². The van der Waals surface area contributed by atoms with Crippen LogP contribution in [-0.4, -0.2) is 19.1 Å². The highest BCUT2D eigenvalue weighted by atomic mass is 79.9. The van der Waals surface area contributed by atoms with Crippen LogP contribution in [0.5, 0.6) is 0 Å². The van der Waals surface area contributed by atoms with Crippen LogP contribution in [0.3, 0.4) is 0 Å². The third kappa shape index (κ3) is 5.14. The lowest BCUT2D eigenvalue weighted by Crippen LogP contribution is -2.37. The molecule has 1 rings (SSSR count). The van der Waals surface area contributed by atoms with Crippen molar-refractivity contribution in [1.82, 2.24) is 10.6 Å². The van der Waals surface area contributed by atoms with Crippen molar-refractivity contribution in [1.29, 1.82) is 0 Å². The molecule has 0 aliphatic rings. The number of furan rings is 1. The van der Waals surface area contributed by atoms with E-state index in [9.17, 15) is 0 Å².